The lowest BCUT2D eigenvalue weighted by Gasteiger charge is -2.36. The van der Waals surface area contributed by atoms with Crippen LogP contribution in [0.4, 0.5) is 0 Å². The van der Waals surface area contributed by atoms with Gasteiger partial charge in [-0.3, -0.25) is 0 Å². The molecule has 0 aromatic rings. The van der Waals surface area contributed by atoms with Gasteiger partial charge in [0.15, 0.2) is 0 Å². The Labute approximate surface area is 101 Å². The Kier molecular flexibility index (Phi) is 5.22. The molecule has 0 amide bonds. The third-order valence-corrected chi connectivity index (χ3v) is 3.35. The standard InChI is InChI=1S/C13H29N3/c1-13(2,3)9-12(10-14)11-16-7-5-15(4)6-8-16/h12H,5-11,14H2,1-4H3. The van der Waals surface area contributed by atoms with Crippen molar-refractivity contribution in [1.29, 1.82) is 0 Å². The number of piperazine rings is 1. The number of likely N-dealkylation sites (N-methyl/N-ethyl adjacent to an activating group) is 1. The normalized spacial score (nSPS) is 22.3. The number of hydrogen-bond donors (Lipinski definition) is 1. The average Bonchev–Trinajstić information content (AvgIpc) is 2.18. The first-order chi connectivity index (χ1) is 7.40. The Morgan fingerprint density at radius 1 is 1.12 bits per heavy atom. The maximum absolute atomic E-state index is 5.89. The molecule has 0 spiro atoms. The molecule has 1 unspecified atom stereocenters. The van der Waals surface area contributed by atoms with Crippen LogP contribution in [-0.4, -0.2) is 56.1 Å². The van der Waals surface area contributed by atoms with Crippen LogP contribution in [0.1, 0.15) is 27.2 Å². The SMILES string of the molecule is CN1CCN(CC(CN)CC(C)(C)C)CC1. The smallest absolute Gasteiger partial charge is 0.0110 e. The fourth-order valence-electron chi connectivity index (χ4n) is 2.48. The summed E-state index contributed by atoms with van der Waals surface area (Å²) in [6.07, 6.45) is 1.23. The molecule has 0 saturated carbocycles. The van der Waals surface area contributed by atoms with Crippen LogP contribution < -0.4 is 5.73 Å². The van der Waals surface area contributed by atoms with Crippen molar-refractivity contribution in [3.8, 4) is 0 Å². The highest BCUT2D eigenvalue weighted by atomic mass is 15.2. The highest BCUT2D eigenvalue weighted by molar-refractivity contribution is 4.76. The minimum atomic E-state index is 0.399. The minimum absolute atomic E-state index is 0.399. The maximum Gasteiger partial charge on any atom is 0.0110 e. The molecule has 0 aromatic carbocycles. The summed E-state index contributed by atoms with van der Waals surface area (Å²) in [7, 11) is 2.20. The van der Waals surface area contributed by atoms with Gasteiger partial charge in [0.2, 0.25) is 0 Å². The van der Waals surface area contributed by atoms with E-state index in [1.54, 1.807) is 0 Å². The first kappa shape index (κ1) is 13.9. The lowest BCUT2D eigenvalue weighted by atomic mass is 9.84. The maximum atomic E-state index is 5.89. The molecule has 1 aliphatic heterocycles. The van der Waals surface area contributed by atoms with Gasteiger partial charge >= 0.3 is 0 Å². The van der Waals surface area contributed by atoms with E-state index < -0.39 is 0 Å². The van der Waals surface area contributed by atoms with Gasteiger partial charge in [-0.15, -0.1) is 0 Å². The lowest BCUT2D eigenvalue weighted by Crippen LogP contribution is -2.47. The van der Waals surface area contributed by atoms with Crippen molar-refractivity contribution in [2.75, 3.05) is 46.3 Å². The molecule has 1 fully saturated rings. The van der Waals surface area contributed by atoms with Crippen molar-refractivity contribution >= 4 is 0 Å². The third kappa shape index (κ3) is 5.28. The summed E-state index contributed by atoms with van der Waals surface area (Å²) in [5.74, 6) is 0.656. The van der Waals surface area contributed by atoms with Crippen LogP contribution in [-0.2, 0) is 0 Å². The Morgan fingerprint density at radius 3 is 2.12 bits per heavy atom. The highest BCUT2D eigenvalue weighted by Gasteiger charge is 2.21. The molecule has 0 aliphatic carbocycles. The van der Waals surface area contributed by atoms with E-state index in [4.69, 9.17) is 5.73 Å². The third-order valence-electron chi connectivity index (χ3n) is 3.35. The van der Waals surface area contributed by atoms with E-state index in [2.05, 4.69) is 37.6 Å². The van der Waals surface area contributed by atoms with Gasteiger partial charge in [-0.1, -0.05) is 20.8 Å². The van der Waals surface area contributed by atoms with Crippen molar-refractivity contribution in [2.24, 2.45) is 17.1 Å². The number of nitrogens with zero attached hydrogens (tertiary/aromatic N) is 2. The molecule has 1 rings (SSSR count). The van der Waals surface area contributed by atoms with Crippen molar-refractivity contribution < 1.29 is 0 Å². The Hall–Kier alpha value is -0.120. The highest BCUT2D eigenvalue weighted by Crippen LogP contribution is 2.24. The molecule has 1 atom stereocenters. The van der Waals surface area contributed by atoms with Crippen LogP contribution >= 0.6 is 0 Å². The van der Waals surface area contributed by atoms with Crippen LogP contribution in [0.5, 0.6) is 0 Å². The fraction of sp³-hybridized carbons (Fsp3) is 1.00. The number of rotatable bonds is 4. The lowest BCUT2D eigenvalue weighted by molar-refractivity contribution is 0.125. The molecular weight excluding hydrogens is 198 g/mol. The minimum Gasteiger partial charge on any atom is -0.330 e. The number of hydrogen-bond acceptors (Lipinski definition) is 3. The molecule has 3 nitrogen and oxygen atoms in total. The van der Waals surface area contributed by atoms with Crippen LogP contribution in [0.25, 0.3) is 0 Å². The van der Waals surface area contributed by atoms with Crippen LogP contribution in [0.2, 0.25) is 0 Å². The van der Waals surface area contributed by atoms with Gasteiger partial charge in [-0.05, 0) is 31.3 Å². The van der Waals surface area contributed by atoms with Gasteiger partial charge in [0.1, 0.15) is 0 Å². The molecule has 2 N–H and O–H groups in total. The van der Waals surface area contributed by atoms with E-state index in [1.807, 2.05) is 0 Å². The predicted octanol–water partition coefficient (Wildman–Crippen LogP) is 1.24. The topological polar surface area (TPSA) is 32.5 Å². The molecule has 16 heavy (non-hydrogen) atoms. The van der Waals surface area contributed by atoms with Crippen LogP contribution in [0.15, 0.2) is 0 Å². The largest absolute Gasteiger partial charge is 0.330 e. The summed E-state index contributed by atoms with van der Waals surface area (Å²) in [6, 6.07) is 0. The molecule has 96 valence electrons. The zero-order valence-corrected chi connectivity index (χ0v) is 11.5. The summed E-state index contributed by atoms with van der Waals surface area (Å²) in [5.41, 5.74) is 6.29. The molecule has 1 saturated heterocycles. The Morgan fingerprint density at radius 2 is 1.69 bits per heavy atom. The van der Waals surface area contributed by atoms with Crippen molar-refractivity contribution in [3.05, 3.63) is 0 Å². The second-order valence-electron chi connectivity index (χ2n) is 6.47. The molecule has 0 radical (unpaired) electrons. The van der Waals surface area contributed by atoms with Gasteiger partial charge in [0, 0.05) is 32.7 Å². The molecule has 1 aliphatic rings. The average molecular weight is 227 g/mol. The molecule has 0 bridgehead atoms. The van der Waals surface area contributed by atoms with Crippen molar-refractivity contribution in [2.45, 2.75) is 27.2 Å². The second-order valence-corrected chi connectivity index (χ2v) is 6.47. The first-order valence-electron chi connectivity index (χ1n) is 6.51. The number of nitrogens with two attached hydrogens (primary N) is 1. The van der Waals surface area contributed by atoms with Crippen LogP contribution in [0, 0.1) is 11.3 Å². The van der Waals surface area contributed by atoms with E-state index in [0.29, 0.717) is 11.3 Å². The molecule has 1 heterocycles. The summed E-state index contributed by atoms with van der Waals surface area (Å²) >= 11 is 0. The Balaban J connectivity index is 2.33. The van der Waals surface area contributed by atoms with E-state index in [1.165, 1.54) is 39.1 Å². The van der Waals surface area contributed by atoms with Gasteiger partial charge < -0.3 is 15.5 Å². The van der Waals surface area contributed by atoms with E-state index in [-0.39, 0.29) is 0 Å². The second kappa shape index (κ2) is 5.99. The van der Waals surface area contributed by atoms with Gasteiger partial charge in [-0.2, -0.15) is 0 Å². The van der Waals surface area contributed by atoms with Gasteiger partial charge in [-0.25, -0.2) is 0 Å². The van der Waals surface area contributed by atoms with Crippen LogP contribution in [0.3, 0.4) is 0 Å². The summed E-state index contributed by atoms with van der Waals surface area (Å²) in [5, 5.41) is 0. The molecule has 0 aromatic heterocycles. The zero-order chi connectivity index (χ0) is 12.2. The predicted molar refractivity (Wildman–Crippen MR) is 70.6 cm³/mol. The fourth-order valence-corrected chi connectivity index (χ4v) is 2.48. The monoisotopic (exact) mass is 227 g/mol. The summed E-state index contributed by atoms with van der Waals surface area (Å²) in [4.78, 5) is 4.97. The zero-order valence-electron chi connectivity index (χ0n) is 11.5. The van der Waals surface area contributed by atoms with Gasteiger partial charge in [0.25, 0.3) is 0 Å². The quantitative estimate of drug-likeness (QED) is 0.784. The van der Waals surface area contributed by atoms with E-state index in [9.17, 15) is 0 Å². The Bertz CT molecular complexity index is 190. The van der Waals surface area contributed by atoms with Crippen molar-refractivity contribution in [1.82, 2.24) is 9.80 Å². The molecular formula is C13H29N3. The van der Waals surface area contributed by atoms with E-state index >= 15 is 0 Å². The first-order valence-corrected chi connectivity index (χ1v) is 6.51. The summed E-state index contributed by atoms with van der Waals surface area (Å²) < 4.78 is 0. The molecule has 3 heteroatoms. The summed E-state index contributed by atoms with van der Waals surface area (Å²) in [6.45, 7) is 13.7. The van der Waals surface area contributed by atoms with Crippen molar-refractivity contribution in [3.63, 3.8) is 0 Å². The van der Waals surface area contributed by atoms with E-state index in [0.717, 1.165) is 6.54 Å². The van der Waals surface area contributed by atoms with Gasteiger partial charge in [0.05, 0.1) is 0 Å².